The van der Waals surface area contributed by atoms with E-state index in [9.17, 15) is 23.1 Å². The molecule has 1 aromatic rings. The van der Waals surface area contributed by atoms with E-state index in [1.807, 2.05) is 0 Å². The summed E-state index contributed by atoms with van der Waals surface area (Å²) in [6.07, 6.45) is 1.47. The summed E-state index contributed by atoms with van der Waals surface area (Å²) >= 11 is 0. The van der Waals surface area contributed by atoms with E-state index >= 15 is 0 Å². The molecule has 1 unspecified atom stereocenters. The Kier molecular flexibility index (Phi) is 5.92. The lowest BCUT2D eigenvalue weighted by Gasteiger charge is -2.27. The first-order valence-corrected chi connectivity index (χ1v) is 9.82. The third-order valence-corrected chi connectivity index (χ3v) is 5.72. The van der Waals surface area contributed by atoms with Crippen LogP contribution in [0.5, 0.6) is 5.75 Å². The van der Waals surface area contributed by atoms with E-state index < -0.39 is 27.9 Å². The fourth-order valence-corrected chi connectivity index (χ4v) is 4.12. The van der Waals surface area contributed by atoms with E-state index in [2.05, 4.69) is 4.72 Å². The quantitative estimate of drug-likeness (QED) is 0.702. The molecule has 8 nitrogen and oxygen atoms in total. The average Bonchev–Trinajstić information content (AvgIpc) is 3.37. The number of sulfonamides is 1. The molecule has 2 rings (SSSR count). The molecule has 1 aromatic carbocycles. The number of benzene rings is 1. The summed E-state index contributed by atoms with van der Waals surface area (Å²) in [5.74, 6) is -1.50. The molecule has 1 saturated carbocycles. The highest BCUT2D eigenvalue weighted by molar-refractivity contribution is 7.89. The van der Waals surface area contributed by atoms with Crippen LogP contribution in [0.25, 0.3) is 0 Å². The Hall–Kier alpha value is -2.13. The number of carbonyl (C=O) groups is 2. The molecule has 0 bridgehead atoms. The molecule has 1 fully saturated rings. The van der Waals surface area contributed by atoms with E-state index in [0.717, 1.165) is 12.8 Å². The summed E-state index contributed by atoms with van der Waals surface area (Å²) in [7, 11) is -2.55. The number of ether oxygens (including phenoxy) is 1. The van der Waals surface area contributed by atoms with Crippen molar-refractivity contribution in [2.24, 2.45) is 0 Å². The number of aliphatic carboxylic acids is 1. The van der Waals surface area contributed by atoms with Crippen molar-refractivity contribution in [3.8, 4) is 5.75 Å². The summed E-state index contributed by atoms with van der Waals surface area (Å²) in [6.45, 7) is 4.81. The van der Waals surface area contributed by atoms with E-state index in [0.29, 0.717) is 0 Å². The minimum atomic E-state index is -3.89. The van der Waals surface area contributed by atoms with Crippen LogP contribution in [-0.2, 0) is 14.8 Å². The lowest BCUT2D eigenvalue weighted by Crippen LogP contribution is -2.44. The van der Waals surface area contributed by atoms with Crippen LogP contribution < -0.4 is 9.46 Å². The first kappa shape index (κ1) is 20.2. The zero-order valence-corrected chi connectivity index (χ0v) is 16.0. The van der Waals surface area contributed by atoms with Crippen molar-refractivity contribution in [1.82, 2.24) is 9.62 Å². The second-order valence-electron chi connectivity index (χ2n) is 6.60. The van der Waals surface area contributed by atoms with Crippen molar-refractivity contribution in [3.05, 3.63) is 23.8 Å². The molecule has 1 amide bonds. The van der Waals surface area contributed by atoms with Crippen LogP contribution in [0.2, 0.25) is 0 Å². The molecule has 0 aliphatic heterocycles. The maximum Gasteiger partial charge on any atom is 0.326 e. The SMILES string of the molecule is COc1ccc(C(=O)N(C2CC2)C(C)C(=O)O)cc1S(=O)(=O)NC(C)C. The first-order valence-electron chi connectivity index (χ1n) is 8.34. The number of carboxylic acid groups (broad SMARTS) is 1. The van der Waals surface area contributed by atoms with Gasteiger partial charge in [0.25, 0.3) is 5.91 Å². The number of nitrogens with one attached hydrogen (secondary N) is 1. The maximum atomic E-state index is 12.9. The number of amides is 1. The van der Waals surface area contributed by atoms with Crippen LogP contribution >= 0.6 is 0 Å². The lowest BCUT2D eigenvalue weighted by molar-refractivity contribution is -0.141. The molecule has 2 N–H and O–H groups in total. The van der Waals surface area contributed by atoms with Crippen molar-refractivity contribution in [2.45, 2.75) is 56.6 Å². The minimum absolute atomic E-state index is 0.106. The van der Waals surface area contributed by atoms with Crippen LogP contribution in [0.1, 0.15) is 44.0 Å². The summed E-state index contributed by atoms with van der Waals surface area (Å²) in [6, 6.07) is 2.61. The largest absolute Gasteiger partial charge is 0.495 e. The summed E-state index contributed by atoms with van der Waals surface area (Å²) in [4.78, 5) is 25.4. The molecule has 0 heterocycles. The van der Waals surface area contributed by atoms with E-state index in [1.165, 1.54) is 37.1 Å². The van der Waals surface area contributed by atoms with Crippen LogP contribution in [-0.4, -0.2) is 55.5 Å². The van der Waals surface area contributed by atoms with Gasteiger partial charge in [0.15, 0.2) is 0 Å². The molecule has 1 aliphatic carbocycles. The summed E-state index contributed by atoms with van der Waals surface area (Å²) < 4.78 is 32.7. The molecule has 1 aliphatic rings. The summed E-state index contributed by atoms with van der Waals surface area (Å²) in [5, 5.41) is 9.27. The highest BCUT2D eigenvalue weighted by Crippen LogP contribution is 2.32. The standard InChI is InChI=1S/C17H24N2O6S/c1-10(2)18-26(23,24)15-9-12(5-8-14(15)25-4)16(20)19(13-6-7-13)11(3)17(21)22/h5,8-11,13,18H,6-7H2,1-4H3,(H,21,22). The van der Waals surface area contributed by atoms with Gasteiger partial charge in [0.1, 0.15) is 16.7 Å². The number of nitrogens with zero attached hydrogens (tertiary/aromatic N) is 1. The van der Waals surface area contributed by atoms with Gasteiger partial charge in [0, 0.05) is 17.6 Å². The second kappa shape index (κ2) is 7.63. The van der Waals surface area contributed by atoms with Crippen LogP contribution in [0.3, 0.4) is 0 Å². The Morgan fingerprint density at radius 3 is 2.35 bits per heavy atom. The van der Waals surface area contributed by atoms with E-state index in [4.69, 9.17) is 4.74 Å². The monoisotopic (exact) mass is 384 g/mol. The number of rotatable bonds is 8. The van der Waals surface area contributed by atoms with Crippen LogP contribution in [0.15, 0.2) is 23.1 Å². The molecule has 0 saturated heterocycles. The summed E-state index contributed by atoms with van der Waals surface area (Å²) in [5.41, 5.74) is 0.106. The number of carboxylic acids is 1. The fraction of sp³-hybridized carbons (Fsp3) is 0.529. The number of methoxy groups -OCH3 is 1. The van der Waals surface area contributed by atoms with Gasteiger partial charge in [-0.2, -0.15) is 0 Å². The van der Waals surface area contributed by atoms with Crippen molar-refractivity contribution >= 4 is 21.9 Å². The predicted molar refractivity (Wildman–Crippen MR) is 94.7 cm³/mol. The lowest BCUT2D eigenvalue weighted by atomic mass is 10.1. The topological polar surface area (TPSA) is 113 Å². The van der Waals surface area contributed by atoms with Crippen molar-refractivity contribution in [1.29, 1.82) is 0 Å². The normalized spacial score (nSPS) is 15.6. The van der Waals surface area contributed by atoms with E-state index in [1.54, 1.807) is 13.8 Å². The Balaban J connectivity index is 2.45. The van der Waals surface area contributed by atoms with Gasteiger partial charge >= 0.3 is 5.97 Å². The van der Waals surface area contributed by atoms with Gasteiger partial charge in [-0.3, -0.25) is 4.79 Å². The highest BCUT2D eigenvalue weighted by Gasteiger charge is 2.39. The van der Waals surface area contributed by atoms with E-state index in [-0.39, 0.29) is 28.3 Å². The second-order valence-corrected chi connectivity index (χ2v) is 8.28. The van der Waals surface area contributed by atoms with Crippen molar-refractivity contribution in [3.63, 3.8) is 0 Å². The number of hydrogen-bond donors (Lipinski definition) is 2. The van der Waals surface area contributed by atoms with Gasteiger partial charge in [0.2, 0.25) is 10.0 Å². The average molecular weight is 384 g/mol. The van der Waals surface area contributed by atoms with Gasteiger partial charge in [-0.1, -0.05) is 0 Å². The molecule has 1 atom stereocenters. The van der Waals surface area contributed by atoms with Crippen molar-refractivity contribution in [2.75, 3.05) is 7.11 Å². The van der Waals surface area contributed by atoms with Crippen LogP contribution in [0.4, 0.5) is 0 Å². The Morgan fingerprint density at radius 1 is 1.27 bits per heavy atom. The van der Waals surface area contributed by atoms with Crippen LogP contribution in [0, 0.1) is 0 Å². The third kappa shape index (κ3) is 4.34. The molecule has 26 heavy (non-hydrogen) atoms. The zero-order valence-electron chi connectivity index (χ0n) is 15.2. The molecule has 144 valence electrons. The smallest absolute Gasteiger partial charge is 0.326 e. The number of carbonyl (C=O) groups excluding carboxylic acids is 1. The molecule has 0 spiro atoms. The van der Waals surface area contributed by atoms with Gasteiger partial charge in [-0.05, 0) is 51.8 Å². The van der Waals surface area contributed by atoms with Gasteiger partial charge < -0.3 is 14.7 Å². The Labute approximate surface area is 153 Å². The Bertz CT molecular complexity index is 801. The maximum absolute atomic E-state index is 12.9. The minimum Gasteiger partial charge on any atom is -0.495 e. The van der Waals surface area contributed by atoms with Gasteiger partial charge in [-0.15, -0.1) is 0 Å². The molecular formula is C17H24N2O6S. The first-order chi connectivity index (χ1) is 12.1. The number of hydrogen-bond acceptors (Lipinski definition) is 5. The van der Waals surface area contributed by atoms with Gasteiger partial charge in [0.05, 0.1) is 7.11 Å². The predicted octanol–water partition coefficient (Wildman–Crippen LogP) is 1.46. The van der Waals surface area contributed by atoms with Crippen molar-refractivity contribution < 1.29 is 27.9 Å². The Morgan fingerprint density at radius 2 is 1.88 bits per heavy atom. The van der Waals surface area contributed by atoms with Gasteiger partial charge in [-0.25, -0.2) is 17.9 Å². The third-order valence-electron chi connectivity index (χ3n) is 4.04. The molecular weight excluding hydrogens is 360 g/mol. The highest BCUT2D eigenvalue weighted by atomic mass is 32.2. The molecule has 0 aromatic heterocycles. The zero-order chi connectivity index (χ0) is 19.6. The fourth-order valence-electron chi connectivity index (χ4n) is 2.67. The molecule has 9 heteroatoms. The molecule has 0 radical (unpaired) electrons.